The monoisotopic (exact) mass is 426 g/mol. The molecule has 0 aliphatic carbocycles. The third-order valence-electron chi connectivity index (χ3n) is 5.49. The summed E-state index contributed by atoms with van der Waals surface area (Å²) in [5.74, 6) is 0.405. The van der Waals surface area contributed by atoms with Gasteiger partial charge in [0, 0.05) is 18.1 Å². The van der Waals surface area contributed by atoms with Crippen LogP contribution < -0.4 is 14.4 Å². The maximum atomic E-state index is 13.5. The number of rotatable bonds is 5. The van der Waals surface area contributed by atoms with Crippen molar-refractivity contribution in [2.75, 3.05) is 32.2 Å². The highest BCUT2D eigenvalue weighted by molar-refractivity contribution is 6.45. The number of carbonyl (C=O) groups excluding carboxylic acids is 2. The van der Waals surface area contributed by atoms with Gasteiger partial charge < -0.3 is 14.4 Å². The Morgan fingerprint density at radius 3 is 2.13 bits per heavy atom. The first-order chi connectivity index (χ1) is 14.5. The van der Waals surface area contributed by atoms with Crippen LogP contribution in [0.15, 0.2) is 48.2 Å². The van der Waals surface area contributed by atoms with Gasteiger partial charge in [0.15, 0.2) is 11.5 Å². The van der Waals surface area contributed by atoms with Gasteiger partial charge in [0.25, 0.3) is 11.8 Å². The minimum atomic E-state index is -0.352. The summed E-state index contributed by atoms with van der Waals surface area (Å²) in [6.45, 7) is 1.50. The zero-order valence-electron chi connectivity index (χ0n) is 17.0. The summed E-state index contributed by atoms with van der Waals surface area (Å²) >= 11 is 6.00. The lowest BCUT2D eigenvalue weighted by molar-refractivity contribution is -0.120. The topological polar surface area (TPSA) is 59.1 Å². The van der Waals surface area contributed by atoms with Crippen LogP contribution in [-0.2, 0) is 9.59 Å². The van der Waals surface area contributed by atoms with Gasteiger partial charge in [-0.3, -0.25) is 9.59 Å². The van der Waals surface area contributed by atoms with E-state index in [1.807, 2.05) is 4.90 Å². The molecule has 0 aromatic heterocycles. The van der Waals surface area contributed by atoms with Gasteiger partial charge in [-0.25, -0.2) is 4.90 Å². The molecule has 2 aliphatic heterocycles. The summed E-state index contributed by atoms with van der Waals surface area (Å²) in [5, 5.41) is 0.544. The van der Waals surface area contributed by atoms with Crippen molar-refractivity contribution in [2.45, 2.75) is 19.3 Å². The van der Waals surface area contributed by atoms with Gasteiger partial charge in [-0.15, -0.1) is 0 Å². The molecular formula is C23H23ClN2O4. The summed E-state index contributed by atoms with van der Waals surface area (Å²) < 4.78 is 10.7. The number of methoxy groups -OCH3 is 2. The first-order valence-electron chi connectivity index (χ1n) is 9.91. The number of halogens is 1. The first kappa shape index (κ1) is 20.3. The molecule has 4 rings (SSSR count). The summed E-state index contributed by atoms with van der Waals surface area (Å²) in [4.78, 5) is 30.3. The van der Waals surface area contributed by atoms with E-state index in [9.17, 15) is 9.59 Å². The molecular weight excluding hydrogens is 404 g/mol. The minimum Gasteiger partial charge on any atom is -0.493 e. The van der Waals surface area contributed by atoms with Crippen molar-refractivity contribution in [1.82, 2.24) is 4.90 Å². The molecule has 0 bridgehead atoms. The lowest BCUT2D eigenvalue weighted by Gasteiger charge is -2.29. The van der Waals surface area contributed by atoms with Crippen LogP contribution in [0.3, 0.4) is 0 Å². The van der Waals surface area contributed by atoms with Crippen LogP contribution in [0.25, 0.3) is 5.57 Å². The number of benzene rings is 2. The van der Waals surface area contributed by atoms with Gasteiger partial charge in [-0.2, -0.15) is 0 Å². The molecule has 2 heterocycles. The van der Waals surface area contributed by atoms with Crippen LogP contribution in [0.5, 0.6) is 11.5 Å². The van der Waals surface area contributed by atoms with E-state index < -0.39 is 0 Å². The predicted molar refractivity (Wildman–Crippen MR) is 116 cm³/mol. The number of likely N-dealkylation sites (tertiary alicyclic amines) is 1. The molecule has 6 nitrogen and oxygen atoms in total. The number of amides is 2. The quantitative estimate of drug-likeness (QED) is 0.673. The molecule has 0 radical (unpaired) electrons. The van der Waals surface area contributed by atoms with E-state index in [0.29, 0.717) is 39.0 Å². The van der Waals surface area contributed by atoms with E-state index in [0.717, 1.165) is 32.4 Å². The fourth-order valence-electron chi connectivity index (χ4n) is 4.01. The Bertz CT molecular complexity index is 1010. The maximum Gasteiger partial charge on any atom is 0.282 e. The number of hydrogen-bond acceptors (Lipinski definition) is 5. The van der Waals surface area contributed by atoms with Crippen molar-refractivity contribution < 1.29 is 19.1 Å². The average molecular weight is 427 g/mol. The zero-order valence-corrected chi connectivity index (χ0v) is 17.7. The fourth-order valence-corrected chi connectivity index (χ4v) is 4.13. The lowest BCUT2D eigenvalue weighted by Crippen LogP contribution is -2.37. The van der Waals surface area contributed by atoms with Crippen molar-refractivity contribution in [2.24, 2.45) is 0 Å². The molecule has 2 aromatic rings. The molecule has 0 N–H and O–H groups in total. The summed E-state index contributed by atoms with van der Waals surface area (Å²) in [5.41, 5.74) is 1.96. The van der Waals surface area contributed by atoms with Gasteiger partial charge in [-0.05, 0) is 61.2 Å². The van der Waals surface area contributed by atoms with E-state index in [-0.39, 0.29) is 11.8 Å². The standard InChI is InChI=1S/C23H23ClN2O4/c1-29-18-11-6-15(14-19(18)30-2)20-21(25-12-4-3-5-13-25)23(28)26(22(20)27)17-9-7-16(24)8-10-17/h6-11,14H,3-5,12-13H2,1-2H3. The van der Waals surface area contributed by atoms with Crippen LogP contribution in [-0.4, -0.2) is 44.0 Å². The van der Waals surface area contributed by atoms with E-state index in [1.165, 1.54) is 4.90 Å². The Morgan fingerprint density at radius 1 is 0.833 bits per heavy atom. The Hall–Kier alpha value is -2.99. The second kappa shape index (κ2) is 8.40. The lowest BCUT2D eigenvalue weighted by atomic mass is 10.0. The highest BCUT2D eigenvalue weighted by Gasteiger charge is 2.42. The molecule has 2 aliphatic rings. The van der Waals surface area contributed by atoms with Gasteiger partial charge in [-0.1, -0.05) is 17.7 Å². The van der Waals surface area contributed by atoms with Crippen LogP contribution in [0, 0.1) is 0 Å². The normalized spacial score (nSPS) is 17.0. The molecule has 0 spiro atoms. The minimum absolute atomic E-state index is 0.311. The largest absolute Gasteiger partial charge is 0.493 e. The molecule has 1 fully saturated rings. The third-order valence-corrected chi connectivity index (χ3v) is 5.74. The number of ether oxygens (including phenoxy) is 2. The van der Waals surface area contributed by atoms with Crippen molar-refractivity contribution in [3.8, 4) is 11.5 Å². The van der Waals surface area contributed by atoms with Gasteiger partial charge in [0.05, 0.1) is 25.5 Å². The molecule has 0 unspecified atom stereocenters. The third kappa shape index (κ3) is 3.52. The maximum absolute atomic E-state index is 13.5. The highest BCUT2D eigenvalue weighted by Crippen LogP contribution is 2.38. The first-order valence-corrected chi connectivity index (χ1v) is 10.3. The summed E-state index contributed by atoms with van der Waals surface area (Å²) in [6, 6.07) is 12.0. The van der Waals surface area contributed by atoms with E-state index in [1.54, 1.807) is 56.7 Å². The van der Waals surface area contributed by atoms with Crippen LogP contribution in [0.2, 0.25) is 5.02 Å². The van der Waals surface area contributed by atoms with Crippen molar-refractivity contribution in [3.05, 3.63) is 58.7 Å². The van der Waals surface area contributed by atoms with Crippen LogP contribution >= 0.6 is 11.6 Å². The van der Waals surface area contributed by atoms with E-state index in [4.69, 9.17) is 21.1 Å². The number of hydrogen-bond donors (Lipinski definition) is 0. The second-order valence-electron chi connectivity index (χ2n) is 7.26. The predicted octanol–water partition coefficient (Wildman–Crippen LogP) is 4.13. The Morgan fingerprint density at radius 2 is 1.50 bits per heavy atom. The van der Waals surface area contributed by atoms with Crippen molar-refractivity contribution in [1.29, 1.82) is 0 Å². The Balaban J connectivity index is 1.84. The number of nitrogens with zero attached hydrogens (tertiary/aromatic N) is 2. The van der Waals surface area contributed by atoms with Crippen LogP contribution in [0.1, 0.15) is 24.8 Å². The number of anilines is 1. The molecule has 2 aromatic carbocycles. The SMILES string of the molecule is COc1ccc(C2=C(N3CCCCC3)C(=O)N(c3ccc(Cl)cc3)C2=O)cc1OC. The molecule has 1 saturated heterocycles. The number of imide groups is 1. The highest BCUT2D eigenvalue weighted by atomic mass is 35.5. The summed E-state index contributed by atoms with van der Waals surface area (Å²) in [6.07, 6.45) is 3.11. The Labute approximate surface area is 180 Å². The molecule has 0 saturated carbocycles. The van der Waals surface area contributed by atoms with Gasteiger partial charge >= 0.3 is 0 Å². The zero-order chi connectivity index (χ0) is 21.3. The fraction of sp³-hybridized carbons (Fsp3) is 0.304. The van der Waals surface area contributed by atoms with E-state index in [2.05, 4.69) is 0 Å². The van der Waals surface area contributed by atoms with Crippen molar-refractivity contribution >= 4 is 34.7 Å². The van der Waals surface area contributed by atoms with Gasteiger partial charge in [0.2, 0.25) is 0 Å². The van der Waals surface area contributed by atoms with Crippen LogP contribution in [0.4, 0.5) is 5.69 Å². The van der Waals surface area contributed by atoms with Gasteiger partial charge in [0.1, 0.15) is 5.70 Å². The summed E-state index contributed by atoms with van der Waals surface area (Å²) in [7, 11) is 3.10. The molecule has 156 valence electrons. The smallest absolute Gasteiger partial charge is 0.282 e. The van der Waals surface area contributed by atoms with Crippen molar-refractivity contribution in [3.63, 3.8) is 0 Å². The Kier molecular flexibility index (Phi) is 5.68. The molecule has 30 heavy (non-hydrogen) atoms. The second-order valence-corrected chi connectivity index (χ2v) is 7.70. The van der Waals surface area contributed by atoms with E-state index >= 15 is 0 Å². The number of carbonyl (C=O) groups is 2. The average Bonchev–Trinajstić information content (AvgIpc) is 3.04. The molecule has 7 heteroatoms. The molecule has 0 atom stereocenters. The molecule has 2 amide bonds. The number of piperidine rings is 1.